The first-order valence-electron chi connectivity index (χ1n) is 8.31. The number of amides is 2. The quantitative estimate of drug-likeness (QED) is 0.559. The molecule has 1 unspecified atom stereocenters. The van der Waals surface area contributed by atoms with Gasteiger partial charge in [-0.15, -0.1) is 0 Å². The third-order valence-electron chi connectivity index (χ3n) is 4.20. The molecule has 0 fully saturated rings. The summed E-state index contributed by atoms with van der Waals surface area (Å²) in [5, 5.41) is 2.92. The van der Waals surface area contributed by atoms with E-state index in [-0.39, 0.29) is 33.0 Å². The Morgan fingerprint density at radius 2 is 1.82 bits per heavy atom. The molecule has 1 aliphatic heterocycles. The molecule has 9 heteroatoms. The van der Waals surface area contributed by atoms with Gasteiger partial charge < -0.3 is 15.0 Å². The summed E-state index contributed by atoms with van der Waals surface area (Å²) in [6.07, 6.45) is 0.111. The minimum absolute atomic E-state index is 0.0464. The van der Waals surface area contributed by atoms with E-state index in [1.54, 1.807) is 31.2 Å². The molecule has 1 atom stereocenters. The normalized spacial score (nSPS) is 16.1. The van der Waals surface area contributed by atoms with E-state index in [1.165, 1.54) is 17.0 Å². The summed E-state index contributed by atoms with van der Waals surface area (Å²) in [6, 6.07) is 9.35. The molecule has 0 bridgehead atoms. The van der Waals surface area contributed by atoms with Gasteiger partial charge in [0, 0.05) is 12.5 Å². The van der Waals surface area contributed by atoms with Gasteiger partial charge in [0.1, 0.15) is 0 Å². The van der Waals surface area contributed by atoms with Gasteiger partial charge in [-0.25, -0.2) is 4.79 Å². The molecule has 2 aromatic carbocycles. The number of carbonyl (C=O) groups is 3. The molecular formula is C19H15Cl3N2O4. The van der Waals surface area contributed by atoms with E-state index in [9.17, 15) is 14.4 Å². The Bertz CT molecular complexity index is 964. The molecule has 0 aromatic heterocycles. The van der Waals surface area contributed by atoms with Crippen LogP contribution in [0.4, 0.5) is 11.4 Å². The van der Waals surface area contributed by atoms with Gasteiger partial charge in [0.05, 0.1) is 32.0 Å². The second kappa shape index (κ2) is 8.39. The highest BCUT2D eigenvalue weighted by atomic mass is 35.5. The maximum atomic E-state index is 12.8. The fraction of sp³-hybridized carbons (Fsp3) is 0.211. The molecule has 2 aromatic rings. The lowest BCUT2D eigenvalue weighted by Gasteiger charge is -2.27. The van der Waals surface area contributed by atoms with Gasteiger partial charge in [0.25, 0.3) is 5.91 Å². The number of halogens is 3. The number of fused-ring (bicyclic) bond motifs is 1. The molecule has 0 aliphatic carbocycles. The van der Waals surface area contributed by atoms with Gasteiger partial charge in [0.15, 0.2) is 6.61 Å². The Kier molecular flexibility index (Phi) is 6.13. The van der Waals surface area contributed by atoms with Gasteiger partial charge in [-0.3, -0.25) is 9.59 Å². The van der Waals surface area contributed by atoms with Crippen LogP contribution in [0.1, 0.15) is 23.7 Å². The predicted octanol–water partition coefficient (Wildman–Crippen LogP) is 4.57. The SMILES string of the molecule is CC1CC(=O)Nc2ccccc2N1C(=O)COC(=O)c1c(Cl)ccc(Cl)c1Cl. The average molecular weight is 442 g/mol. The van der Waals surface area contributed by atoms with Gasteiger partial charge in [-0.2, -0.15) is 0 Å². The summed E-state index contributed by atoms with van der Waals surface area (Å²) in [7, 11) is 0. The Morgan fingerprint density at radius 3 is 2.57 bits per heavy atom. The first-order chi connectivity index (χ1) is 13.3. The molecule has 1 aliphatic rings. The number of esters is 1. The number of hydrogen-bond acceptors (Lipinski definition) is 4. The molecule has 6 nitrogen and oxygen atoms in total. The van der Waals surface area contributed by atoms with Crippen molar-refractivity contribution in [1.29, 1.82) is 0 Å². The minimum Gasteiger partial charge on any atom is -0.452 e. The molecule has 2 amide bonds. The highest BCUT2D eigenvalue weighted by Crippen LogP contribution is 2.33. The number of benzene rings is 2. The number of nitrogens with zero attached hydrogens (tertiary/aromatic N) is 1. The number of carbonyl (C=O) groups excluding carboxylic acids is 3. The van der Waals surface area contributed by atoms with Crippen LogP contribution in [-0.4, -0.2) is 30.4 Å². The summed E-state index contributed by atoms with van der Waals surface area (Å²) in [6.45, 7) is 1.19. The van der Waals surface area contributed by atoms with E-state index in [0.717, 1.165) is 0 Å². The number of nitrogens with one attached hydrogen (secondary N) is 1. The largest absolute Gasteiger partial charge is 0.452 e. The van der Waals surface area contributed by atoms with Crippen LogP contribution < -0.4 is 10.2 Å². The number of hydrogen-bond donors (Lipinski definition) is 1. The standard InChI is InChI=1S/C19H15Cl3N2O4/c1-10-8-15(25)23-13-4-2-3-5-14(13)24(10)16(26)9-28-19(27)17-11(20)6-7-12(21)18(17)22/h2-7,10H,8-9H2,1H3,(H,23,25). The monoisotopic (exact) mass is 440 g/mol. The lowest BCUT2D eigenvalue weighted by Crippen LogP contribution is -2.41. The van der Waals surface area contributed by atoms with Crippen LogP contribution in [0.15, 0.2) is 36.4 Å². The predicted molar refractivity (Wildman–Crippen MR) is 108 cm³/mol. The molecule has 0 saturated carbocycles. The van der Waals surface area contributed by atoms with Gasteiger partial charge in [0.2, 0.25) is 5.91 Å². The van der Waals surface area contributed by atoms with Crippen molar-refractivity contribution >= 4 is 64.0 Å². The van der Waals surface area contributed by atoms with Crippen LogP contribution in [0, 0.1) is 0 Å². The van der Waals surface area contributed by atoms with E-state index in [1.807, 2.05) is 0 Å². The first-order valence-corrected chi connectivity index (χ1v) is 9.44. The second-order valence-electron chi connectivity index (χ2n) is 6.18. The van der Waals surface area contributed by atoms with E-state index in [0.29, 0.717) is 11.4 Å². The van der Waals surface area contributed by atoms with E-state index in [2.05, 4.69) is 5.32 Å². The summed E-state index contributed by atoms with van der Waals surface area (Å²) in [5.41, 5.74) is 0.933. The van der Waals surface area contributed by atoms with Gasteiger partial charge >= 0.3 is 5.97 Å². The molecule has 0 spiro atoms. The number of para-hydroxylation sites is 2. The van der Waals surface area contributed by atoms with Crippen molar-refractivity contribution in [3.8, 4) is 0 Å². The van der Waals surface area contributed by atoms with Crippen LogP contribution in [0.2, 0.25) is 15.1 Å². The van der Waals surface area contributed by atoms with Crippen molar-refractivity contribution in [2.75, 3.05) is 16.8 Å². The lowest BCUT2D eigenvalue weighted by molar-refractivity contribution is -0.122. The third kappa shape index (κ3) is 4.09. The van der Waals surface area contributed by atoms with Crippen LogP contribution in [0.5, 0.6) is 0 Å². The van der Waals surface area contributed by atoms with Crippen molar-refractivity contribution < 1.29 is 19.1 Å². The zero-order chi connectivity index (χ0) is 20.4. The Labute approximate surface area is 176 Å². The number of rotatable bonds is 3. The Morgan fingerprint density at radius 1 is 1.14 bits per heavy atom. The number of ether oxygens (including phenoxy) is 1. The molecule has 3 rings (SSSR count). The molecule has 0 radical (unpaired) electrons. The van der Waals surface area contributed by atoms with E-state index >= 15 is 0 Å². The highest BCUT2D eigenvalue weighted by molar-refractivity contribution is 6.46. The Hall–Kier alpha value is -2.28. The molecule has 28 heavy (non-hydrogen) atoms. The van der Waals surface area contributed by atoms with Crippen LogP contribution >= 0.6 is 34.8 Å². The maximum Gasteiger partial charge on any atom is 0.341 e. The summed E-state index contributed by atoms with van der Waals surface area (Å²) >= 11 is 17.9. The molecule has 1 N–H and O–H groups in total. The average Bonchev–Trinajstić information content (AvgIpc) is 2.77. The van der Waals surface area contributed by atoms with E-state index in [4.69, 9.17) is 39.5 Å². The smallest absolute Gasteiger partial charge is 0.341 e. The lowest BCUT2D eigenvalue weighted by atomic mass is 10.1. The zero-order valence-corrected chi connectivity index (χ0v) is 16.9. The molecule has 146 valence electrons. The zero-order valence-electron chi connectivity index (χ0n) is 14.7. The first kappa shape index (κ1) is 20.5. The summed E-state index contributed by atoms with van der Waals surface area (Å²) < 4.78 is 5.13. The number of anilines is 2. The van der Waals surface area contributed by atoms with Crippen LogP contribution in [0.25, 0.3) is 0 Å². The van der Waals surface area contributed by atoms with Crippen molar-refractivity contribution in [2.24, 2.45) is 0 Å². The Balaban J connectivity index is 1.81. The fourth-order valence-corrected chi connectivity index (χ4v) is 3.63. The fourth-order valence-electron chi connectivity index (χ4n) is 2.95. The molecule has 1 heterocycles. The highest BCUT2D eigenvalue weighted by Gasteiger charge is 2.30. The second-order valence-corrected chi connectivity index (χ2v) is 7.37. The topological polar surface area (TPSA) is 75.7 Å². The summed E-state index contributed by atoms with van der Waals surface area (Å²) in [4.78, 5) is 38.6. The van der Waals surface area contributed by atoms with Crippen molar-refractivity contribution in [1.82, 2.24) is 0 Å². The summed E-state index contributed by atoms with van der Waals surface area (Å²) in [5.74, 6) is -1.56. The molecular weight excluding hydrogens is 427 g/mol. The maximum absolute atomic E-state index is 12.8. The van der Waals surface area contributed by atoms with Gasteiger partial charge in [-0.1, -0.05) is 46.9 Å². The third-order valence-corrected chi connectivity index (χ3v) is 5.32. The van der Waals surface area contributed by atoms with Crippen LogP contribution in [-0.2, 0) is 14.3 Å². The van der Waals surface area contributed by atoms with Gasteiger partial charge in [-0.05, 0) is 31.2 Å². The van der Waals surface area contributed by atoms with Crippen molar-refractivity contribution in [2.45, 2.75) is 19.4 Å². The van der Waals surface area contributed by atoms with Crippen molar-refractivity contribution in [3.05, 3.63) is 57.0 Å². The van der Waals surface area contributed by atoms with Crippen LogP contribution in [0.3, 0.4) is 0 Å². The molecule has 0 saturated heterocycles. The minimum atomic E-state index is -0.865. The van der Waals surface area contributed by atoms with E-state index < -0.39 is 24.5 Å². The van der Waals surface area contributed by atoms with Crippen molar-refractivity contribution in [3.63, 3.8) is 0 Å².